The molecule has 14 heavy (non-hydrogen) atoms. The number of fused-ring (bicyclic) bond motifs is 1. The predicted molar refractivity (Wildman–Crippen MR) is 59.6 cm³/mol. The molecule has 1 heterocycles. The van der Waals surface area contributed by atoms with E-state index in [4.69, 9.17) is 4.74 Å². The van der Waals surface area contributed by atoms with Gasteiger partial charge in [0, 0.05) is 6.54 Å². The maximum Gasteiger partial charge on any atom is 0.253 e. The lowest BCUT2D eigenvalue weighted by Gasteiger charge is -2.08. The van der Waals surface area contributed by atoms with Crippen molar-refractivity contribution in [1.29, 1.82) is 0 Å². The third kappa shape index (κ3) is 1.35. The summed E-state index contributed by atoms with van der Waals surface area (Å²) in [6.07, 6.45) is 0. The molecule has 2 rings (SSSR count). The number of hydrogen-bond donors (Lipinski definition) is 1. The normalized spacial score (nSPS) is 13.8. The standard InChI is InChI=1S/C9H7Br2NO2/c1-14-8-5(10)2-4-3-12-9(13)6(4)7(8)11/h2H,3H2,1H3,(H,12,13). The van der Waals surface area contributed by atoms with Gasteiger partial charge in [-0.05, 0) is 43.5 Å². The van der Waals surface area contributed by atoms with Crippen molar-refractivity contribution in [3.8, 4) is 5.75 Å². The third-order valence-corrected chi connectivity index (χ3v) is 3.47. The maximum atomic E-state index is 11.5. The van der Waals surface area contributed by atoms with Gasteiger partial charge in [-0.25, -0.2) is 0 Å². The van der Waals surface area contributed by atoms with Gasteiger partial charge in [-0.3, -0.25) is 4.79 Å². The molecule has 0 bridgehead atoms. The zero-order valence-electron chi connectivity index (χ0n) is 7.36. The van der Waals surface area contributed by atoms with E-state index in [-0.39, 0.29) is 5.91 Å². The molecule has 5 heteroatoms. The molecule has 1 aromatic carbocycles. The van der Waals surface area contributed by atoms with Gasteiger partial charge < -0.3 is 10.1 Å². The van der Waals surface area contributed by atoms with Gasteiger partial charge in [-0.15, -0.1) is 0 Å². The van der Waals surface area contributed by atoms with Gasteiger partial charge in [0.2, 0.25) is 0 Å². The molecule has 0 spiro atoms. The molecule has 0 saturated carbocycles. The van der Waals surface area contributed by atoms with Crippen LogP contribution in [0.1, 0.15) is 15.9 Å². The number of carbonyl (C=O) groups excluding carboxylic acids is 1. The Labute approximate surface area is 98.1 Å². The van der Waals surface area contributed by atoms with Crippen LogP contribution in [0.15, 0.2) is 15.0 Å². The topological polar surface area (TPSA) is 38.3 Å². The minimum absolute atomic E-state index is 0.0577. The highest BCUT2D eigenvalue weighted by Crippen LogP contribution is 2.39. The fourth-order valence-electron chi connectivity index (χ4n) is 1.49. The van der Waals surface area contributed by atoms with E-state index in [0.29, 0.717) is 22.3 Å². The molecule has 1 aliphatic heterocycles. The van der Waals surface area contributed by atoms with Crippen molar-refractivity contribution < 1.29 is 9.53 Å². The molecular weight excluding hydrogens is 314 g/mol. The number of methoxy groups -OCH3 is 1. The number of ether oxygens (including phenoxy) is 1. The first kappa shape index (κ1) is 9.98. The molecule has 0 unspecified atom stereocenters. The Balaban J connectivity index is 2.70. The minimum Gasteiger partial charge on any atom is -0.494 e. The van der Waals surface area contributed by atoms with Crippen LogP contribution in [0.25, 0.3) is 0 Å². The zero-order chi connectivity index (χ0) is 10.3. The fourth-order valence-corrected chi connectivity index (χ4v) is 3.20. The molecule has 0 aliphatic carbocycles. The minimum atomic E-state index is -0.0577. The van der Waals surface area contributed by atoms with Crippen molar-refractivity contribution in [3.63, 3.8) is 0 Å². The second-order valence-corrected chi connectivity index (χ2v) is 4.57. The Bertz CT molecular complexity index is 418. The average molecular weight is 321 g/mol. The van der Waals surface area contributed by atoms with Crippen LogP contribution < -0.4 is 10.1 Å². The van der Waals surface area contributed by atoms with Gasteiger partial charge in [-0.1, -0.05) is 0 Å². The Morgan fingerprint density at radius 1 is 1.50 bits per heavy atom. The van der Waals surface area contributed by atoms with Crippen LogP contribution in [0, 0.1) is 0 Å². The van der Waals surface area contributed by atoms with Gasteiger partial charge in [0.1, 0.15) is 5.75 Å². The maximum absolute atomic E-state index is 11.5. The smallest absolute Gasteiger partial charge is 0.253 e. The molecule has 0 aromatic heterocycles. The number of hydrogen-bond acceptors (Lipinski definition) is 2. The summed E-state index contributed by atoms with van der Waals surface area (Å²) in [5.41, 5.74) is 1.65. The molecule has 3 nitrogen and oxygen atoms in total. The lowest BCUT2D eigenvalue weighted by Crippen LogP contribution is -2.12. The van der Waals surface area contributed by atoms with Crippen LogP contribution in [0.3, 0.4) is 0 Å². The highest BCUT2D eigenvalue weighted by Gasteiger charge is 2.25. The van der Waals surface area contributed by atoms with Gasteiger partial charge in [-0.2, -0.15) is 0 Å². The number of amides is 1. The first-order valence-corrected chi connectivity index (χ1v) is 5.56. The first-order valence-electron chi connectivity index (χ1n) is 3.98. The number of carbonyl (C=O) groups is 1. The van der Waals surface area contributed by atoms with Crippen molar-refractivity contribution in [1.82, 2.24) is 5.32 Å². The molecule has 0 atom stereocenters. The van der Waals surface area contributed by atoms with E-state index in [9.17, 15) is 4.79 Å². The average Bonchev–Trinajstić information content (AvgIpc) is 2.48. The van der Waals surface area contributed by atoms with E-state index >= 15 is 0 Å². The van der Waals surface area contributed by atoms with E-state index in [1.807, 2.05) is 6.07 Å². The molecule has 1 amide bonds. The van der Waals surface area contributed by atoms with Crippen molar-refractivity contribution in [3.05, 3.63) is 26.1 Å². The third-order valence-electron chi connectivity index (χ3n) is 2.13. The zero-order valence-corrected chi connectivity index (χ0v) is 10.5. The van der Waals surface area contributed by atoms with Crippen molar-refractivity contribution >= 4 is 37.8 Å². The molecule has 1 N–H and O–H groups in total. The van der Waals surface area contributed by atoms with Gasteiger partial charge >= 0.3 is 0 Å². The molecule has 0 fully saturated rings. The van der Waals surface area contributed by atoms with E-state index in [1.165, 1.54) is 0 Å². The molecule has 74 valence electrons. The van der Waals surface area contributed by atoms with Crippen LogP contribution in [-0.2, 0) is 6.54 Å². The largest absolute Gasteiger partial charge is 0.494 e. The summed E-state index contributed by atoms with van der Waals surface area (Å²) in [5.74, 6) is 0.596. The predicted octanol–water partition coefficient (Wildman–Crippen LogP) is 2.46. The highest BCUT2D eigenvalue weighted by molar-refractivity contribution is 9.11. The Kier molecular flexibility index (Phi) is 2.53. The number of rotatable bonds is 1. The number of nitrogens with one attached hydrogen (secondary N) is 1. The van der Waals surface area contributed by atoms with Crippen LogP contribution in [0.5, 0.6) is 5.75 Å². The second-order valence-electron chi connectivity index (χ2n) is 2.92. The lowest BCUT2D eigenvalue weighted by molar-refractivity contribution is 0.0965. The summed E-state index contributed by atoms with van der Waals surface area (Å²) in [6, 6.07) is 1.90. The van der Waals surface area contributed by atoms with Gasteiger partial charge in [0.05, 0.1) is 21.6 Å². The van der Waals surface area contributed by atoms with Crippen molar-refractivity contribution in [2.24, 2.45) is 0 Å². The number of benzene rings is 1. The van der Waals surface area contributed by atoms with Crippen LogP contribution >= 0.6 is 31.9 Å². The lowest BCUT2D eigenvalue weighted by atomic mass is 10.1. The highest BCUT2D eigenvalue weighted by atomic mass is 79.9. The summed E-state index contributed by atoms with van der Waals surface area (Å²) < 4.78 is 6.73. The quantitative estimate of drug-likeness (QED) is 0.863. The van der Waals surface area contributed by atoms with Crippen LogP contribution in [0.2, 0.25) is 0 Å². The van der Waals surface area contributed by atoms with Gasteiger partial charge in [0.15, 0.2) is 0 Å². The summed E-state index contributed by atoms with van der Waals surface area (Å²) in [7, 11) is 1.57. The first-order chi connectivity index (χ1) is 6.65. The Morgan fingerprint density at radius 3 is 2.86 bits per heavy atom. The van der Waals surface area contributed by atoms with Crippen LogP contribution in [-0.4, -0.2) is 13.0 Å². The molecule has 1 aliphatic rings. The molecular formula is C9H7Br2NO2. The summed E-state index contributed by atoms with van der Waals surface area (Å²) >= 11 is 6.75. The summed E-state index contributed by atoms with van der Waals surface area (Å²) in [6.45, 7) is 0.579. The Hall–Kier alpha value is -0.550. The van der Waals surface area contributed by atoms with Crippen LogP contribution in [0.4, 0.5) is 0 Å². The second kappa shape index (κ2) is 3.55. The van der Waals surface area contributed by atoms with Crippen molar-refractivity contribution in [2.75, 3.05) is 7.11 Å². The fraction of sp³-hybridized carbons (Fsp3) is 0.222. The summed E-state index contributed by atoms with van der Waals surface area (Å²) in [5, 5.41) is 2.76. The van der Waals surface area contributed by atoms with Gasteiger partial charge in [0.25, 0.3) is 5.91 Å². The van der Waals surface area contributed by atoms with E-state index in [0.717, 1.165) is 10.0 Å². The monoisotopic (exact) mass is 319 g/mol. The molecule has 1 aromatic rings. The number of halogens is 2. The van der Waals surface area contributed by atoms with E-state index in [2.05, 4.69) is 37.2 Å². The molecule has 0 saturated heterocycles. The molecule has 0 radical (unpaired) electrons. The van der Waals surface area contributed by atoms with E-state index in [1.54, 1.807) is 7.11 Å². The Morgan fingerprint density at radius 2 is 2.21 bits per heavy atom. The SMILES string of the molecule is COc1c(Br)cc2c(c1Br)C(=O)NC2. The summed E-state index contributed by atoms with van der Waals surface area (Å²) in [4.78, 5) is 11.5. The van der Waals surface area contributed by atoms with E-state index < -0.39 is 0 Å². The van der Waals surface area contributed by atoms with Crippen molar-refractivity contribution in [2.45, 2.75) is 6.54 Å².